The van der Waals surface area contributed by atoms with E-state index in [1.54, 1.807) is 0 Å². The number of ether oxygens (including phenoxy) is 1. The second-order valence-electron chi connectivity index (χ2n) is 5.10. The first-order chi connectivity index (χ1) is 10.2. The van der Waals surface area contributed by atoms with E-state index >= 15 is 0 Å². The largest absolute Gasteiger partial charge is 0.479 e. The summed E-state index contributed by atoms with van der Waals surface area (Å²) >= 11 is 0. The van der Waals surface area contributed by atoms with Crippen molar-refractivity contribution in [2.24, 2.45) is 0 Å². The van der Waals surface area contributed by atoms with E-state index in [0.29, 0.717) is 0 Å². The van der Waals surface area contributed by atoms with Gasteiger partial charge in [0.1, 0.15) is 11.8 Å². The normalized spacial score (nSPS) is 11.7. The van der Waals surface area contributed by atoms with Crippen molar-refractivity contribution < 1.29 is 4.74 Å². The van der Waals surface area contributed by atoms with Gasteiger partial charge in [0.05, 0.1) is 0 Å². The fourth-order valence-electron chi connectivity index (χ4n) is 2.06. The van der Waals surface area contributed by atoms with Crippen LogP contribution in [0.25, 0.3) is 0 Å². The Kier molecular flexibility index (Phi) is 5.36. The lowest BCUT2D eigenvalue weighted by Crippen LogP contribution is -2.18. The van der Waals surface area contributed by atoms with E-state index in [4.69, 9.17) is 10.00 Å². The number of hydrogen-bond donors (Lipinski definition) is 1. The molecule has 1 atom stereocenters. The van der Waals surface area contributed by atoms with Gasteiger partial charge in [0.15, 0.2) is 6.61 Å². The molecule has 0 spiro atoms. The van der Waals surface area contributed by atoms with Crippen molar-refractivity contribution in [1.82, 2.24) is 5.32 Å². The van der Waals surface area contributed by atoms with Crippen LogP contribution in [0.3, 0.4) is 0 Å². The van der Waals surface area contributed by atoms with Crippen LogP contribution in [-0.2, 0) is 6.54 Å². The second kappa shape index (κ2) is 7.47. The molecule has 3 nitrogen and oxygen atoms in total. The minimum atomic E-state index is 0.0839. The van der Waals surface area contributed by atoms with Gasteiger partial charge < -0.3 is 10.1 Å². The van der Waals surface area contributed by atoms with Crippen LogP contribution in [0.5, 0.6) is 5.75 Å². The third-order valence-corrected chi connectivity index (χ3v) is 3.42. The average molecular weight is 280 g/mol. The topological polar surface area (TPSA) is 45.0 Å². The molecule has 0 bridgehead atoms. The smallest absolute Gasteiger partial charge is 0.174 e. The van der Waals surface area contributed by atoms with E-state index in [2.05, 4.69) is 43.4 Å². The maximum absolute atomic E-state index is 8.48. The van der Waals surface area contributed by atoms with Gasteiger partial charge in [0.25, 0.3) is 0 Å². The van der Waals surface area contributed by atoms with Gasteiger partial charge in [-0.3, -0.25) is 0 Å². The summed E-state index contributed by atoms with van der Waals surface area (Å²) in [5.74, 6) is 0.728. The zero-order chi connectivity index (χ0) is 15.1. The van der Waals surface area contributed by atoms with Crippen molar-refractivity contribution in [3.05, 3.63) is 65.2 Å². The minimum absolute atomic E-state index is 0.0839. The highest BCUT2D eigenvalue weighted by Crippen LogP contribution is 2.18. The first-order valence-corrected chi connectivity index (χ1v) is 7.07. The van der Waals surface area contributed by atoms with Crippen molar-refractivity contribution >= 4 is 0 Å². The fourth-order valence-corrected chi connectivity index (χ4v) is 2.06. The van der Waals surface area contributed by atoms with Crippen LogP contribution in [0.2, 0.25) is 0 Å². The molecule has 3 heteroatoms. The van der Waals surface area contributed by atoms with Crippen molar-refractivity contribution in [2.75, 3.05) is 6.61 Å². The summed E-state index contributed by atoms with van der Waals surface area (Å²) in [5, 5.41) is 12.0. The maximum atomic E-state index is 8.48. The molecule has 2 aromatic carbocycles. The number of nitriles is 1. The Hall–Kier alpha value is -2.31. The number of nitrogens with zero attached hydrogens (tertiary/aromatic N) is 1. The summed E-state index contributed by atoms with van der Waals surface area (Å²) in [5.41, 5.74) is 3.76. The van der Waals surface area contributed by atoms with Crippen LogP contribution in [-0.4, -0.2) is 6.61 Å². The van der Waals surface area contributed by atoms with Crippen LogP contribution in [0.4, 0.5) is 0 Å². The van der Waals surface area contributed by atoms with E-state index < -0.39 is 0 Å². The standard InChI is InChI=1S/C18H20N2O/c1-14-3-5-16(6-4-14)13-20-15(2)17-7-9-18(10-8-17)21-12-11-19/h3-10,15,20H,12-13H2,1-2H3. The van der Waals surface area contributed by atoms with Gasteiger partial charge >= 0.3 is 0 Å². The highest BCUT2D eigenvalue weighted by atomic mass is 16.5. The summed E-state index contributed by atoms with van der Waals surface area (Å²) in [6.45, 7) is 5.16. The predicted molar refractivity (Wildman–Crippen MR) is 84.0 cm³/mol. The van der Waals surface area contributed by atoms with Gasteiger partial charge in [-0.15, -0.1) is 0 Å². The summed E-state index contributed by atoms with van der Waals surface area (Å²) in [6, 6.07) is 18.6. The van der Waals surface area contributed by atoms with Crippen LogP contribution < -0.4 is 10.1 Å². The quantitative estimate of drug-likeness (QED) is 0.876. The molecule has 1 unspecified atom stereocenters. The predicted octanol–water partition coefficient (Wildman–Crippen LogP) is 3.75. The van der Waals surface area contributed by atoms with E-state index in [1.165, 1.54) is 16.7 Å². The number of benzene rings is 2. The van der Waals surface area contributed by atoms with Crippen molar-refractivity contribution in [3.8, 4) is 11.8 Å². The van der Waals surface area contributed by atoms with Gasteiger partial charge in [0.2, 0.25) is 0 Å². The Morgan fingerprint density at radius 2 is 1.76 bits per heavy atom. The summed E-state index contributed by atoms with van der Waals surface area (Å²) in [6.07, 6.45) is 0. The molecule has 21 heavy (non-hydrogen) atoms. The lowest BCUT2D eigenvalue weighted by Gasteiger charge is -2.15. The molecule has 108 valence electrons. The molecule has 0 saturated heterocycles. The van der Waals surface area contributed by atoms with Crippen LogP contribution in [0, 0.1) is 18.3 Å². The highest BCUT2D eigenvalue weighted by molar-refractivity contribution is 5.29. The van der Waals surface area contributed by atoms with Gasteiger partial charge in [-0.1, -0.05) is 42.0 Å². The lowest BCUT2D eigenvalue weighted by atomic mass is 10.1. The molecule has 1 N–H and O–H groups in total. The maximum Gasteiger partial charge on any atom is 0.174 e. The Balaban J connectivity index is 1.89. The monoisotopic (exact) mass is 280 g/mol. The van der Waals surface area contributed by atoms with E-state index in [9.17, 15) is 0 Å². The number of aryl methyl sites for hydroxylation is 1. The first-order valence-electron chi connectivity index (χ1n) is 7.07. The third-order valence-electron chi connectivity index (χ3n) is 3.42. The molecular weight excluding hydrogens is 260 g/mol. The molecule has 0 aliphatic rings. The first kappa shape index (κ1) is 15.1. The molecule has 2 rings (SSSR count). The van der Waals surface area contributed by atoms with Crippen LogP contribution in [0.1, 0.15) is 29.7 Å². The van der Waals surface area contributed by atoms with Crippen molar-refractivity contribution in [3.63, 3.8) is 0 Å². The Bertz CT molecular complexity index is 597. The average Bonchev–Trinajstić information content (AvgIpc) is 2.52. The molecule has 0 heterocycles. The van der Waals surface area contributed by atoms with Crippen LogP contribution >= 0.6 is 0 Å². The summed E-state index contributed by atoms with van der Waals surface area (Å²) in [4.78, 5) is 0. The fraction of sp³-hybridized carbons (Fsp3) is 0.278. The van der Waals surface area contributed by atoms with E-state index in [-0.39, 0.29) is 12.6 Å². The van der Waals surface area contributed by atoms with Crippen molar-refractivity contribution in [1.29, 1.82) is 5.26 Å². The number of hydrogen-bond acceptors (Lipinski definition) is 3. The van der Waals surface area contributed by atoms with Gasteiger partial charge in [-0.2, -0.15) is 5.26 Å². The number of rotatable bonds is 6. The molecule has 0 amide bonds. The van der Waals surface area contributed by atoms with Crippen LogP contribution in [0.15, 0.2) is 48.5 Å². The molecule has 0 saturated carbocycles. The van der Waals surface area contributed by atoms with Gasteiger partial charge in [0, 0.05) is 12.6 Å². The zero-order valence-corrected chi connectivity index (χ0v) is 12.5. The highest BCUT2D eigenvalue weighted by Gasteiger charge is 2.05. The summed E-state index contributed by atoms with van der Waals surface area (Å²) in [7, 11) is 0. The molecule has 0 aliphatic heterocycles. The Morgan fingerprint density at radius 1 is 1.10 bits per heavy atom. The zero-order valence-electron chi connectivity index (χ0n) is 12.5. The number of nitrogens with one attached hydrogen (secondary N) is 1. The minimum Gasteiger partial charge on any atom is -0.479 e. The van der Waals surface area contributed by atoms with Gasteiger partial charge in [-0.05, 0) is 37.1 Å². The Morgan fingerprint density at radius 3 is 2.38 bits per heavy atom. The van der Waals surface area contributed by atoms with Gasteiger partial charge in [-0.25, -0.2) is 0 Å². The molecule has 0 aromatic heterocycles. The molecule has 0 fully saturated rings. The van der Waals surface area contributed by atoms with E-state index in [0.717, 1.165) is 12.3 Å². The Labute approximate surface area is 126 Å². The SMILES string of the molecule is Cc1ccc(CNC(C)c2ccc(OCC#N)cc2)cc1. The molecule has 0 radical (unpaired) electrons. The summed E-state index contributed by atoms with van der Waals surface area (Å²) < 4.78 is 5.25. The lowest BCUT2D eigenvalue weighted by molar-refractivity contribution is 0.368. The molecule has 0 aliphatic carbocycles. The second-order valence-corrected chi connectivity index (χ2v) is 5.10. The molecular formula is C18H20N2O. The van der Waals surface area contributed by atoms with Crippen molar-refractivity contribution in [2.45, 2.75) is 26.4 Å². The third kappa shape index (κ3) is 4.62. The van der Waals surface area contributed by atoms with E-state index in [1.807, 2.05) is 30.3 Å². The molecule has 2 aromatic rings.